The van der Waals surface area contributed by atoms with Crippen molar-refractivity contribution < 1.29 is 28.8 Å². The fourth-order valence-electron chi connectivity index (χ4n) is 4.00. The number of piperazine rings is 1. The molecule has 0 bridgehead atoms. The number of benzene rings is 2. The van der Waals surface area contributed by atoms with Crippen LogP contribution in [0.4, 0.5) is 5.69 Å². The Morgan fingerprint density at radius 3 is 2.33 bits per heavy atom. The number of rotatable bonds is 8. The number of quaternary nitrogens is 2. The molecule has 1 aliphatic rings. The molecule has 162 valence electrons. The Balaban J connectivity index is 1.55. The van der Waals surface area contributed by atoms with Gasteiger partial charge in [0.2, 0.25) is 0 Å². The van der Waals surface area contributed by atoms with Gasteiger partial charge in [-0.2, -0.15) is 0 Å². The summed E-state index contributed by atoms with van der Waals surface area (Å²) in [5.74, 6) is 2.43. The largest absolute Gasteiger partial charge is 0.497 e. The Bertz CT molecular complexity index is 850. The van der Waals surface area contributed by atoms with Crippen LogP contribution in [0, 0.1) is 0 Å². The average Bonchev–Trinajstić information content (AvgIpc) is 2.79. The molecule has 0 spiro atoms. The summed E-state index contributed by atoms with van der Waals surface area (Å²) in [6.07, 6.45) is 0. The number of methoxy groups -OCH3 is 3. The van der Waals surface area contributed by atoms with E-state index >= 15 is 0 Å². The third kappa shape index (κ3) is 5.23. The van der Waals surface area contributed by atoms with Crippen LogP contribution in [0.3, 0.4) is 0 Å². The van der Waals surface area contributed by atoms with Crippen molar-refractivity contribution in [1.82, 2.24) is 0 Å². The molecule has 0 aromatic heterocycles. The van der Waals surface area contributed by atoms with Crippen LogP contribution >= 0.6 is 0 Å². The van der Waals surface area contributed by atoms with Crippen molar-refractivity contribution in [3.63, 3.8) is 0 Å². The summed E-state index contributed by atoms with van der Waals surface area (Å²) in [6, 6.07) is 13.3. The number of amides is 1. The van der Waals surface area contributed by atoms with Gasteiger partial charge in [0.05, 0.1) is 32.6 Å². The molecule has 0 unspecified atom stereocenters. The van der Waals surface area contributed by atoms with E-state index in [0.717, 1.165) is 49.8 Å². The van der Waals surface area contributed by atoms with Crippen LogP contribution in [-0.4, -0.2) is 59.5 Å². The number of nitrogens with one attached hydrogen (secondary N) is 3. The van der Waals surface area contributed by atoms with E-state index in [1.807, 2.05) is 49.4 Å². The number of anilines is 1. The van der Waals surface area contributed by atoms with E-state index in [1.54, 1.807) is 21.3 Å². The number of ether oxygens (including phenoxy) is 3. The van der Waals surface area contributed by atoms with Crippen molar-refractivity contribution in [3.8, 4) is 17.2 Å². The average molecular weight is 416 g/mol. The summed E-state index contributed by atoms with van der Waals surface area (Å²) < 4.78 is 16.2. The first-order valence-corrected chi connectivity index (χ1v) is 10.4. The van der Waals surface area contributed by atoms with Gasteiger partial charge in [-0.3, -0.25) is 4.79 Å². The molecule has 0 saturated carbocycles. The van der Waals surface area contributed by atoms with Gasteiger partial charge in [0.1, 0.15) is 50.0 Å². The van der Waals surface area contributed by atoms with Crippen LogP contribution in [0.25, 0.3) is 0 Å². The minimum absolute atomic E-state index is 0.0208. The number of carbonyl (C=O) groups is 1. The topological polar surface area (TPSA) is 65.7 Å². The molecule has 3 N–H and O–H groups in total. The van der Waals surface area contributed by atoms with Gasteiger partial charge in [-0.25, -0.2) is 0 Å². The zero-order chi connectivity index (χ0) is 21.5. The molecule has 1 heterocycles. The molecule has 0 aliphatic carbocycles. The van der Waals surface area contributed by atoms with Crippen LogP contribution in [0.5, 0.6) is 17.2 Å². The van der Waals surface area contributed by atoms with E-state index in [2.05, 4.69) is 5.32 Å². The van der Waals surface area contributed by atoms with Crippen molar-refractivity contribution in [2.45, 2.75) is 19.5 Å². The lowest BCUT2D eigenvalue weighted by molar-refractivity contribution is -1.02. The van der Waals surface area contributed by atoms with E-state index in [-0.39, 0.29) is 11.9 Å². The summed E-state index contributed by atoms with van der Waals surface area (Å²) in [5.41, 5.74) is 1.86. The summed E-state index contributed by atoms with van der Waals surface area (Å²) in [5, 5.41) is 3.02. The maximum atomic E-state index is 12.8. The lowest BCUT2D eigenvalue weighted by Gasteiger charge is -2.32. The van der Waals surface area contributed by atoms with Gasteiger partial charge >= 0.3 is 0 Å². The van der Waals surface area contributed by atoms with Crippen LogP contribution in [-0.2, 0) is 11.3 Å². The minimum atomic E-state index is -0.122. The molecule has 0 radical (unpaired) electrons. The second kappa shape index (κ2) is 10.3. The van der Waals surface area contributed by atoms with Gasteiger partial charge in [-0.05, 0) is 37.3 Å². The molecule has 1 atom stereocenters. The van der Waals surface area contributed by atoms with Gasteiger partial charge in [0.25, 0.3) is 5.91 Å². The van der Waals surface area contributed by atoms with E-state index in [1.165, 1.54) is 9.80 Å². The Hall–Kier alpha value is -2.77. The monoisotopic (exact) mass is 415 g/mol. The zero-order valence-corrected chi connectivity index (χ0v) is 18.3. The summed E-state index contributed by atoms with van der Waals surface area (Å²) in [7, 11) is 4.99. The van der Waals surface area contributed by atoms with Crippen LogP contribution in [0.1, 0.15) is 12.5 Å². The molecular formula is C23H33N3O4+2. The fourth-order valence-corrected chi connectivity index (χ4v) is 4.00. The predicted molar refractivity (Wildman–Crippen MR) is 116 cm³/mol. The highest BCUT2D eigenvalue weighted by Crippen LogP contribution is 2.24. The van der Waals surface area contributed by atoms with Gasteiger partial charge in [-0.1, -0.05) is 12.1 Å². The number of carbonyl (C=O) groups excluding carboxylic acids is 1. The highest BCUT2D eigenvalue weighted by atomic mass is 16.5. The van der Waals surface area contributed by atoms with Crippen LogP contribution in [0.2, 0.25) is 0 Å². The maximum absolute atomic E-state index is 12.8. The summed E-state index contributed by atoms with van der Waals surface area (Å²) in [4.78, 5) is 15.6. The Labute approximate surface area is 178 Å². The molecule has 1 fully saturated rings. The smallest absolute Gasteiger partial charge is 0.282 e. The van der Waals surface area contributed by atoms with Gasteiger partial charge < -0.3 is 29.3 Å². The SMILES string of the molecule is COc1ccc(OC)c(C[NH+]2CC[NH+]([C@@H](C)C(=O)Nc3ccccc3OC)CC2)c1. The molecule has 1 aliphatic heterocycles. The van der Waals surface area contributed by atoms with Crippen LogP contribution < -0.4 is 29.3 Å². The van der Waals surface area contributed by atoms with Gasteiger partial charge in [0, 0.05) is 0 Å². The molecule has 7 heteroatoms. The predicted octanol–water partition coefficient (Wildman–Crippen LogP) is 0.0230. The Morgan fingerprint density at radius 2 is 1.67 bits per heavy atom. The first-order valence-electron chi connectivity index (χ1n) is 10.4. The lowest BCUT2D eigenvalue weighted by Crippen LogP contribution is -3.29. The molecule has 2 aromatic carbocycles. The van der Waals surface area contributed by atoms with E-state index in [4.69, 9.17) is 14.2 Å². The number of hydrogen-bond donors (Lipinski definition) is 3. The van der Waals surface area contributed by atoms with Gasteiger partial charge in [0.15, 0.2) is 6.04 Å². The van der Waals surface area contributed by atoms with E-state index < -0.39 is 0 Å². The molecule has 1 saturated heterocycles. The highest BCUT2D eigenvalue weighted by Gasteiger charge is 2.31. The van der Waals surface area contributed by atoms with Crippen molar-refractivity contribution in [3.05, 3.63) is 48.0 Å². The van der Waals surface area contributed by atoms with Crippen molar-refractivity contribution in [2.24, 2.45) is 0 Å². The molecule has 7 nitrogen and oxygen atoms in total. The minimum Gasteiger partial charge on any atom is -0.497 e. The fraction of sp³-hybridized carbons (Fsp3) is 0.435. The normalized spacial score (nSPS) is 19.6. The standard InChI is InChI=1S/C23H31N3O4/c1-17(23(27)24-20-7-5-6-8-22(20)30-4)26-13-11-25(12-14-26)16-18-15-19(28-2)9-10-21(18)29-3/h5-10,15,17H,11-14,16H2,1-4H3,(H,24,27)/p+2/t17-/m0/s1. The first-order chi connectivity index (χ1) is 14.5. The van der Waals surface area contributed by atoms with Crippen molar-refractivity contribution in [1.29, 1.82) is 0 Å². The van der Waals surface area contributed by atoms with Crippen molar-refractivity contribution >= 4 is 11.6 Å². The first kappa shape index (κ1) is 21.9. The number of para-hydroxylation sites is 2. The third-order valence-corrected chi connectivity index (χ3v) is 5.90. The molecule has 30 heavy (non-hydrogen) atoms. The second-order valence-corrected chi connectivity index (χ2v) is 7.67. The molecule has 2 aromatic rings. The number of hydrogen-bond acceptors (Lipinski definition) is 4. The summed E-state index contributed by atoms with van der Waals surface area (Å²) >= 11 is 0. The Morgan fingerprint density at radius 1 is 0.967 bits per heavy atom. The maximum Gasteiger partial charge on any atom is 0.282 e. The lowest BCUT2D eigenvalue weighted by atomic mass is 10.1. The van der Waals surface area contributed by atoms with Gasteiger partial charge in [-0.15, -0.1) is 0 Å². The molecular weight excluding hydrogens is 382 g/mol. The quantitative estimate of drug-likeness (QED) is 0.569. The van der Waals surface area contributed by atoms with Crippen LogP contribution in [0.15, 0.2) is 42.5 Å². The van der Waals surface area contributed by atoms with Crippen molar-refractivity contribution in [2.75, 3.05) is 52.8 Å². The molecule has 3 rings (SSSR count). The van der Waals surface area contributed by atoms with E-state index in [0.29, 0.717) is 11.4 Å². The molecule has 1 amide bonds. The third-order valence-electron chi connectivity index (χ3n) is 5.90. The van der Waals surface area contributed by atoms with E-state index in [9.17, 15) is 4.79 Å². The second-order valence-electron chi connectivity index (χ2n) is 7.67. The zero-order valence-electron chi connectivity index (χ0n) is 18.3. The Kier molecular flexibility index (Phi) is 7.54. The highest BCUT2D eigenvalue weighted by molar-refractivity contribution is 5.94. The summed E-state index contributed by atoms with van der Waals surface area (Å²) in [6.45, 7) is 6.78.